The van der Waals surface area contributed by atoms with E-state index in [-0.39, 0.29) is 0 Å². The average molecular weight is 266 g/mol. The summed E-state index contributed by atoms with van der Waals surface area (Å²) in [6, 6.07) is 0. The van der Waals surface area contributed by atoms with Crippen molar-refractivity contribution in [3.05, 3.63) is 11.4 Å². The van der Waals surface area contributed by atoms with Gasteiger partial charge in [0.1, 0.15) is 17.5 Å². The number of anilines is 2. The molecule has 0 spiro atoms. The monoisotopic (exact) mass is 266 g/mol. The molecule has 1 aromatic heterocycles. The largest absolute Gasteiger partial charge is 0.383 e. The van der Waals surface area contributed by atoms with Crippen LogP contribution in [0, 0.1) is 13.8 Å². The molecule has 1 saturated heterocycles. The number of hydrogen-bond donors (Lipinski definition) is 1. The minimum Gasteiger partial charge on any atom is -0.383 e. The molecule has 1 aliphatic rings. The van der Waals surface area contributed by atoms with Gasteiger partial charge < -0.3 is 10.6 Å². The Morgan fingerprint density at radius 1 is 1.22 bits per heavy atom. The zero-order valence-electron chi connectivity index (χ0n) is 11.4. The van der Waals surface area contributed by atoms with Crippen molar-refractivity contribution in [2.75, 3.05) is 30.0 Å². The summed E-state index contributed by atoms with van der Waals surface area (Å²) in [6.07, 6.45) is 5.96. The first-order valence-corrected chi connectivity index (χ1v) is 7.79. The summed E-state index contributed by atoms with van der Waals surface area (Å²) >= 11 is 1.98. The molecule has 1 atom stereocenters. The highest BCUT2D eigenvalue weighted by molar-refractivity contribution is 7.99. The van der Waals surface area contributed by atoms with Crippen LogP contribution in [-0.4, -0.2) is 34.6 Å². The van der Waals surface area contributed by atoms with E-state index in [0.29, 0.717) is 5.82 Å². The first-order valence-electron chi connectivity index (χ1n) is 6.50. The third-order valence-corrected chi connectivity index (χ3v) is 4.72. The van der Waals surface area contributed by atoms with E-state index in [1.807, 2.05) is 25.6 Å². The lowest BCUT2D eigenvalue weighted by Gasteiger charge is -2.24. The molecular weight excluding hydrogens is 244 g/mol. The van der Waals surface area contributed by atoms with Crippen molar-refractivity contribution in [3.8, 4) is 0 Å². The first kappa shape index (κ1) is 13.5. The highest BCUT2D eigenvalue weighted by Crippen LogP contribution is 2.27. The predicted molar refractivity (Wildman–Crippen MR) is 79.3 cm³/mol. The van der Waals surface area contributed by atoms with Gasteiger partial charge >= 0.3 is 0 Å². The normalized spacial score (nSPS) is 20.8. The van der Waals surface area contributed by atoms with Gasteiger partial charge in [-0.3, -0.25) is 0 Å². The Kier molecular flexibility index (Phi) is 4.32. The van der Waals surface area contributed by atoms with Crippen LogP contribution in [0.4, 0.5) is 11.6 Å². The molecule has 2 rings (SSSR count). The molecular formula is C13H22N4S. The summed E-state index contributed by atoms with van der Waals surface area (Å²) in [5.74, 6) is 2.41. The lowest BCUT2D eigenvalue weighted by molar-refractivity contribution is 0.745. The summed E-state index contributed by atoms with van der Waals surface area (Å²) < 4.78 is 0. The quantitative estimate of drug-likeness (QED) is 0.891. The van der Waals surface area contributed by atoms with Crippen LogP contribution in [0.3, 0.4) is 0 Å². The van der Waals surface area contributed by atoms with Gasteiger partial charge in [-0.25, -0.2) is 9.97 Å². The van der Waals surface area contributed by atoms with E-state index in [4.69, 9.17) is 5.73 Å². The molecule has 0 radical (unpaired) electrons. The van der Waals surface area contributed by atoms with Crippen LogP contribution < -0.4 is 10.6 Å². The molecule has 2 heterocycles. The Labute approximate surface area is 113 Å². The Bertz CT molecular complexity index is 422. The Hall–Kier alpha value is -0.970. The smallest absolute Gasteiger partial charge is 0.137 e. The Balaban J connectivity index is 2.21. The maximum absolute atomic E-state index is 5.94. The Morgan fingerprint density at radius 2 is 2.00 bits per heavy atom. The molecule has 2 N–H and O–H groups in total. The number of aryl methyl sites for hydroxylation is 1. The zero-order chi connectivity index (χ0) is 13.1. The maximum atomic E-state index is 5.94. The molecule has 4 nitrogen and oxygen atoms in total. The summed E-state index contributed by atoms with van der Waals surface area (Å²) in [5.41, 5.74) is 6.96. The van der Waals surface area contributed by atoms with Gasteiger partial charge in [0, 0.05) is 23.9 Å². The number of thioether (sulfide) groups is 1. The van der Waals surface area contributed by atoms with E-state index < -0.39 is 0 Å². The SMILES string of the molecule is CSC1CCCN(c2nc(C)nc(N)c2C)CC1. The minimum atomic E-state index is 0.614. The van der Waals surface area contributed by atoms with Crippen molar-refractivity contribution in [1.82, 2.24) is 9.97 Å². The van der Waals surface area contributed by atoms with Gasteiger partial charge in [-0.15, -0.1) is 0 Å². The van der Waals surface area contributed by atoms with Crippen LogP contribution in [-0.2, 0) is 0 Å². The van der Waals surface area contributed by atoms with E-state index >= 15 is 0 Å². The van der Waals surface area contributed by atoms with Gasteiger partial charge in [-0.1, -0.05) is 0 Å². The lowest BCUT2D eigenvalue weighted by atomic mass is 10.2. The Morgan fingerprint density at radius 3 is 2.72 bits per heavy atom. The molecule has 18 heavy (non-hydrogen) atoms. The topological polar surface area (TPSA) is 55.0 Å². The maximum Gasteiger partial charge on any atom is 0.137 e. The summed E-state index contributed by atoms with van der Waals surface area (Å²) in [5, 5.41) is 0.788. The number of nitrogens with zero attached hydrogens (tertiary/aromatic N) is 3. The summed E-state index contributed by atoms with van der Waals surface area (Å²) in [6.45, 7) is 6.07. The van der Waals surface area contributed by atoms with Gasteiger partial charge in [0.2, 0.25) is 0 Å². The van der Waals surface area contributed by atoms with E-state index in [1.54, 1.807) is 0 Å². The van der Waals surface area contributed by atoms with Crippen LogP contribution in [0.25, 0.3) is 0 Å². The molecule has 0 aliphatic carbocycles. The number of nitrogens with two attached hydrogens (primary N) is 1. The van der Waals surface area contributed by atoms with Crippen LogP contribution >= 0.6 is 11.8 Å². The highest BCUT2D eigenvalue weighted by Gasteiger charge is 2.19. The zero-order valence-corrected chi connectivity index (χ0v) is 12.3. The van der Waals surface area contributed by atoms with E-state index in [0.717, 1.165) is 35.5 Å². The van der Waals surface area contributed by atoms with Gasteiger partial charge in [-0.2, -0.15) is 11.8 Å². The molecule has 1 aliphatic heterocycles. The van der Waals surface area contributed by atoms with Crippen LogP contribution in [0.5, 0.6) is 0 Å². The number of rotatable bonds is 2. The number of nitrogen functional groups attached to an aromatic ring is 1. The van der Waals surface area contributed by atoms with Gasteiger partial charge in [0.05, 0.1) is 0 Å². The second-order valence-corrected chi connectivity index (χ2v) is 6.02. The van der Waals surface area contributed by atoms with Crippen LogP contribution in [0.15, 0.2) is 0 Å². The first-order chi connectivity index (χ1) is 8.61. The van der Waals surface area contributed by atoms with Gasteiger partial charge in [0.15, 0.2) is 0 Å². The van der Waals surface area contributed by atoms with Crippen LogP contribution in [0.2, 0.25) is 0 Å². The van der Waals surface area contributed by atoms with E-state index in [9.17, 15) is 0 Å². The van der Waals surface area contributed by atoms with Crippen molar-refractivity contribution in [2.45, 2.75) is 38.4 Å². The van der Waals surface area contributed by atoms with Crippen molar-refractivity contribution >= 4 is 23.4 Å². The molecule has 0 amide bonds. The second-order valence-electron chi connectivity index (χ2n) is 4.88. The number of aromatic nitrogens is 2. The summed E-state index contributed by atoms with van der Waals surface area (Å²) in [7, 11) is 0. The molecule has 100 valence electrons. The molecule has 0 saturated carbocycles. The number of hydrogen-bond acceptors (Lipinski definition) is 5. The fourth-order valence-corrected chi connectivity index (χ4v) is 3.20. The van der Waals surface area contributed by atoms with Gasteiger partial charge in [0.25, 0.3) is 0 Å². The second kappa shape index (κ2) is 5.78. The van der Waals surface area contributed by atoms with Gasteiger partial charge in [-0.05, 0) is 39.4 Å². The van der Waals surface area contributed by atoms with Crippen LogP contribution in [0.1, 0.15) is 30.7 Å². The van der Waals surface area contributed by atoms with Crippen molar-refractivity contribution in [3.63, 3.8) is 0 Å². The van der Waals surface area contributed by atoms with Crippen molar-refractivity contribution in [2.24, 2.45) is 0 Å². The average Bonchev–Trinajstić information content (AvgIpc) is 2.59. The molecule has 1 fully saturated rings. The highest BCUT2D eigenvalue weighted by atomic mass is 32.2. The minimum absolute atomic E-state index is 0.614. The van der Waals surface area contributed by atoms with Crippen molar-refractivity contribution < 1.29 is 0 Å². The predicted octanol–water partition coefficient (Wildman–Crippen LogP) is 2.40. The van der Waals surface area contributed by atoms with E-state index in [1.165, 1.54) is 19.3 Å². The molecule has 1 aromatic rings. The molecule has 1 unspecified atom stereocenters. The van der Waals surface area contributed by atoms with Crippen molar-refractivity contribution in [1.29, 1.82) is 0 Å². The van der Waals surface area contributed by atoms with E-state index in [2.05, 4.69) is 21.1 Å². The third-order valence-electron chi connectivity index (χ3n) is 3.58. The lowest BCUT2D eigenvalue weighted by Crippen LogP contribution is -2.27. The third kappa shape index (κ3) is 2.88. The molecule has 5 heteroatoms. The fourth-order valence-electron chi connectivity index (χ4n) is 2.46. The molecule has 0 aromatic carbocycles. The standard InChI is InChI=1S/C13H22N4S/c1-9-12(14)15-10(2)16-13(9)17-7-4-5-11(18-3)6-8-17/h11H,4-8H2,1-3H3,(H2,14,15,16). The summed E-state index contributed by atoms with van der Waals surface area (Å²) in [4.78, 5) is 11.2. The fraction of sp³-hybridized carbons (Fsp3) is 0.692. The molecule has 0 bridgehead atoms.